The van der Waals surface area contributed by atoms with Gasteiger partial charge in [-0.3, -0.25) is 14.4 Å². The van der Waals surface area contributed by atoms with Crippen LogP contribution in [0.5, 0.6) is 0 Å². The summed E-state index contributed by atoms with van der Waals surface area (Å²) in [4.78, 5) is 45.5. The molecule has 0 bridgehead atoms. The monoisotopic (exact) mass is 486 g/mol. The third kappa shape index (κ3) is 5.68. The highest BCUT2D eigenvalue weighted by molar-refractivity contribution is 5.99. The van der Waals surface area contributed by atoms with Crippen molar-refractivity contribution in [1.82, 2.24) is 15.1 Å². The van der Waals surface area contributed by atoms with Crippen LogP contribution in [0.1, 0.15) is 37.6 Å². The fourth-order valence-electron chi connectivity index (χ4n) is 5.19. The van der Waals surface area contributed by atoms with Gasteiger partial charge in [-0.2, -0.15) is 0 Å². The molecule has 1 N–H and O–H groups in total. The van der Waals surface area contributed by atoms with Crippen LogP contribution >= 0.6 is 0 Å². The van der Waals surface area contributed by atoms with Gasteiger partial charge in [0.25, 0.3) is 5.91 Å². The summed E-state index contributed by atoms with van der Waals surface area (Å²) in [6, 6.07) is 6.12. The van der Waals surface area contributed by atoms with E-state index in [-0.39, 0.29) is 42.3 Å². The second kappa shape index (κ2) is 10.2. The van der Waals surface area contributed by atoms with Gasteiger partial charge in [0.05, 0.1) is 6.54 Å². The van der Waals surface area contributed by atoms with Crippen LogP contribution in [0.4, 0.5) is 5.69 Å². The molecule has 0 saturated carbocycles. The molecule has 0 aromatic heterocycles. The predicted molar refractivity (Wildman–Crippen MR) is 133 cm³/mol. The number of carbonyl (C=O) groups excluding carboxylic acids is 3. The topological polar surface area (TPSA) is 91.4 Å². The molecule has 0 aliphatic carbocycles. The molecule has 9 heteroatoms. The number of methoxy groups -OCH3 is 1. The van der Waals surface area contributed by atoms with Gasteiger partial charge in [-0.25, -0.2) is 0 Å². The van der Waals surface area contributed by atoms with Crippen molar-refractivity contribution in [1.29, 1.82) is 0 Å². The van der Waals surface area contributed by atoms with Gasteiger partial charge in [0.15, 0.2) is 5.78 Å². The summed E-state index contributed by atoms with van der Waals surface area (Å²) in [6.07, 6.45) is -0.370. The van der Waals surface area contributed by atoms with Crippen LogP contribution in [0.3, 0.4) is 0 Å². The number of ketones is 1. The minimum Gasteiger partial charge on any atom is -0.377 e. The van der Waals surface area contributed by atoms with E-state index in [1.807, 2.05) is 45.0 Å². The van der Waals surface area contributed by atoms with Gasteiger partial charge < -0.3 is 29.5 Å². The van der Waals surface area contributed by atoms with Crippen LogP contribution in [0.15, 0.2) is 24.3 Å². The summed E-state index contributed by atoms with van der Waals surface area (Å²) < 4.78 is 11.1. The zero-order valence-electron chi connectivity index (χ0n) is 21.5. The normalized spacial score (nSPS) is 26.1. The first kappa shape index (κ1) is 25.6. The number of benzene rings is 1. The lowest BCUT2D eigenvalue weighted by Crippen LogP contribution is -2.53. The lowest BCUT2D eigenvalue weighted by atomic mass is 9.87. The number of piperazine rings is 1. The Labute approximate surface area is 207 Å². The zero-order chi connectivity index (χ0) is 25.3. The number of ether oxygens (including phenoxy) is 2. The highest BCUT2D eigenvalue weighted by atomic mass is 16.5. The molecule has 1 aromatic rings. The van der Waals surface area contributed by atoms with Crippen molar-refractivity contribution in [3.8, 4) is 0 Å². The molecule has 3 saturated heterocycles. The summed E-state index contributed by atoms with van der Waals surface area (Å²) in [5.74, 6) is -0.690. The molecule has 4 atom stereocenters. The van der Waals surface area contributed by atoms with Crippen molar-refractivity contribution in [2.75, 3.05) is 58.4 Å². The van der Waals surface area contributed by atoms with E-state index in [0.717, 1.165) is 31.9 Å². The summed E-state index contributed by atoms with van der Waals surface area (Å²) in [7, 11) is 3.68. The lowest BCUT2D eigenvalue weighted by molar-refractivity contribution is -0.138. The largest absolute Gasteiger partial charge is 0.377 e. The Morgan fingerprint density at radius 1 is 1.14 bits per heavy atom. The summed E-state index contributed by atoms with van der Waals surface area (Å²) >= 11 is 0. The lowest BCUT2D eigenvalue weighted by Gasteiger charge is -2.34. The van der Waals surface area contributed by atoms with Crippen molar-refractivity contribution in [3.05, 3.63) is 29.8 Å². The van der Waals surface area contributed by atoms with Crippen LogP contribution in [0.25, 0.3) is 0 Å². The van der Waals surface area contributed by atoms with Crippen LogP contribution in [-0.2, 0) is 19.1 Å². The average Bonchev–Trinajstić information content (AvgIpc) is 3.38. The third-order valence-electron chi connectivity index (χ3n) is 7.14. The molecule has 3 aliphatic rings. The van der Waals surface area contributed by atoms with Crippen LogP contribution < -0.4 is 10.2 Å². The number of hydrogen-bond acceptors (Lipinski definition) is 7. The maximum absolute atomic E-state index is 13.7. The van der Waals surface area contributed by atoms with Crippen molar-refractivity contribution < 1.29 is 23.9 Å². The van der Waals surface area contributed by atoms with E-state index >= 15 is 0 Å². The zero-order valence-corrected chi connectivity index (χ0v) is 21.5. The smallest absolute Gasteiger partial charge is 0.251 e. The molecular weight excluding hydrogens is 448 g/mol. The average molecular weight is 487 g/mol. The maximum atomic E-state index is 13.7. The maximum Gasteiger partial charge on any atom is 0.251 e. The minimum absolute atomic E-state index is 0.0189. The van der Waals surface area contributed by atoms with Crippen LogP contribution in [0.2, 0.25) is 0 Å². The molecule has 1 aromatic carbocycles. The fraction of sp³-hybridized carbons (Fsp3) is 0.654. The fourth-order valence-corrected chi connectivity index (χ4v) is 5.19. The van der Waals surface area contributed by atoms with Crippen molar-refractivity contribution in [2.45, 2.75) is 51.5 Å². The number of likely N-dealkylation sites (N-methyl/N-ethyl adjacent to an activating group) is 1. The van der Waals surface area contributed by atoms with Crippen LogP contribution in [0, 0.1) is 5.41 Å². The molecule has 0 radical (unpaired) electrons. The van der Waals surface area contributed by atoms with Gasteiger partial charge >= 0.3 is 0 Å². The van der Waals surface area contributed by atoms with Gasteiger partial charge in [-0.15, -0.1) is 0 Å². The Balaban J connectivity index is 1.48. The number of nitrogens with one attached hydrogen (secondary N) is 1. The number of anilines is 1. The minimum atomic E-state index is -0.760. The molecule has 3 aliphatic heterocycles. The van der Waals surface area contributed by atoms with Crippen molar-refractivity contribution in [2.24, 2.45) is 5.41 Å². The molecule has 9 nitrogen and oxygen atoms in total. The van der Waals surface area contributed by atoms with E-state index in [9.17, 15) is 14.4 Å². The molecule has 0 unspecified atom stereocenters. The van der Waals surface area contributed by atoms with E-state index in [4.69, 9.17) is 9.47 Å². The Kier molecular flexibility index (Phi) is 7.49. The molecule has 3 heterocycles. The first-order valence-corrected chi connectivity index (χ1v) is 12.4. The number of carbonyl (C=O) groups is 3. The quantitative estimate of drug-likeness (QED) is 0.645. The third-order valence-corrected chi connectivity index (χ3v) is 7.14. The highest BCUT2D eigenvalue weighted by Gasteiger charge is 2.53. The first-order valence-electron chi connectivity index (χ1n) is 12.4. The molecular formula is C26H38N4O5. The van der Waals surface area contributed by atoms with Gasteiger partial charge in [-0.1, -0.05) is 20.8 Å². The van der Waals surface area contributed by atoms with E-state index in [2.05, 4.69) is 22.2 Å². The predicted octanol–water partition coefficient (Wildman–Crippen LogP) is 1.17. The number of fused-ring (bicyclic) bond motifs is 1. The molecule has 4 rings (SSSR count). The molecule has 192 valence electrons. The van der Waals surface area contributed by atoms with Gasteiger partial charge in [0.1, 0.15) is 30.9 Å². The van der Waals surface area contributed by atoms with E-state index in [1.165, 1.54) is 0 Å². The molecule has 0 spiro atoms. The standard InChI is InChI=1S/C26H38N4O5/c1-26(2,3)14-19(25(33)30-15-21(34-5)23-22(30)20(31)16-35-23)27-24(32)17-6-8-18(9-7-17)29-12-10-28(4)11-13-29/h6-9,19,21-23H,10-16H2,1-5H3,(H,27,32)/t19-,21+,22+,23+/m0/s1. The number of amides is 2. The number of rotatable bonds is 6. The molecule has 2 amide bonds. The van der Waals surface area contributed by atoms with Crippen molar-refractivity contribution >= 4 is 23.3 Å². The number of nitrogens with zero attached hydrogens (tertiary/aromatic N) is 3. The van der Waals surface area contributed by atoms with E-state index in [1.54, 1.807) is 12.0 Å². The summed E-state index contributed by atoms with van der Waals surface area (Å²) in [5.41, 5.74) is 1.38. The number of likely N-dealkylation sites (tertiary alicyclic amines) is 1. The SMILES string of the molecule is CO[C@@H]1CN(C(=O)[C@H](CC(C)(C)C)NC(=O)c2ccc(N3CCN(C)CC3)cc2)[C@@H]2C(=O)CO[C@@H]21. The Morgan fingerprint density at radius 2 is 1.80 bits per heavy atom. The van der Waals surface area contributed by atoms with Gasteiger partial charge in [0.2, 0.25) is 5.91 Å². The first-order chi connectivity index (χ1) is 16.6. The van der Waals surface area contributed by atoms with Gasteiger partial charge in [0, 0.05) is 44.5 Å². The number of Topliss-reactive ketones (excluding diaryl/α,β-unsaturated/α-hetero) is 1. The summed E-state index contributed by atoms with van der Waals surface area (Å²) in [6.45, 7) is 10.3. The molecule has 3 fully saturated rings. The Bertz CT molecular complexity index is 936. The second-order valence-electron chi connectivity index (χ2n) is 11.1. The van der Waals surface area contributed by atoms with Gasteiger partial charge in [-0.05, 0) is 43.1 Å². The highest BCUT2D eigenvalue weighted by Crippen LogP contribution is 2.31. The molecule has 35 heavy (non-hydrogen) atoms. The number of hydrogen-bond donors (Lipinski definition) is 1. The Morgan fingerprint density at radius 3 is 2.40 bits per heavy atom. The Hall–Kier alpha value is -2.49. The van der Waals surface area contributed by atoms with Crippen molar-refractivity contribution in [3.63, 3.8) is 0 Å². The summed E-state index contributed by atoms with van der Waals surface area (Å²) in [5, 5.41) is 2.96. The van der Waals surface area contributed by atoms with Crippen LogP contribution in [-0.4, -0.2) is 105 Å². The van der Waals surface area contributed by atoms with E-state index < -0.39 is 18.2 Å². The van der Waals surface area contributed by atoms with E-state index in [0.29, 0.717) is 12.0 Å². The second-order valence-corrected chi connectivity index (χ2v) is 11.1.